The third kappa shape index (κ3) is 3.74. The van der Waals surface area contributed by atoms with Gasteiger partial charge >= 0.3 is 0 Å². The van der Waals surface area contributed by atoms with Gasteiger partial charge in [0.15, 0.2) is 0 Å². The van der Waals surface area contributed by atoms with Crippen molar-refractivity contribution in [1.82, 2.24) is 10.2 Å². The lowest BCUT2D eigenvalue weighted by Crippen LogP contribution is -2.32. The van der Waals surface area contributed by atoms with Gasteiger partial charge in [-0.2, -0.15) is 0 Å². The Morgan fingerprint density at radius 2 is 1.88 bits per heavy atom. The van der Waals surface area contributed by atoms with Crippen LogP contribution in [0.25, 0.3) is 0 Å². The summed E-state index contributed by atoms with van der Waals surface area (Å²) < 4.78 is 0. The molecule has 0 radical (unpaired) electrons. The number of unbranched alkanes of at least 4 members (excludes halogenated alkanes) is 1. The maximum absolute atomic E-state index is 3.74. The SMILES string of the molecule is CC1CCCC1NCCCCN1CCCC1. The number of hydrogen-bond acceptors (Lipinski definition) is 2. The summed E-state index contributed by atoms with van der Waals surface area (Å²) in [6.07, 6.45) is 9.88. The monoisotopic (exact) mass is 224 g/mol. The number of hydrogen-bond donors (Lipinski definition) is 1. The van der Waals surface area contributed by atoms with Crippen LogP contribution in [-0.4, -0.2) is 37.1 Å². The molecule has 0 aromatic carbocycles. The van der Waals surface area contributed by atoms with Crippen LogP contribution in [0.5, 0.6) is 0 Å². The van der Waals surface area contributed by atoms with Gasteiger partial charge in [0.05, 0.1) is 0 Å². The molecule has 2 fully saturated rings. The number of nitrogens with zero attached hydrogens (tertiary/aromatic N) is 1. The van der Waals surface area contributed by atoms with E-state index in [0.717, 1.165) is 12.0 Å². The van der Waals surface area contributed by atoms with Gasteiger partial charge in [-0.05, 0) is 70.6 Å². The van der Waals surface area contributed by atoms with E-state index in [1.807, 2.05) is 0 Å². The highest BCUT2D eigenvalue weighted by Gasteiger charge is 2.22. The van der Waals surface area contributed by atoms with E-state index in [4.69, 9.17) is 0 Å². The lowest BCUT2D eigenvalue weighted by molar-refractivity contribution is 0.325. The van der Waals surface area contributed by atoms with Gasteiger partial charge < -0.3 is 10.2 Å². The van der Waals surface area contributed by atoms with E-state index in [1.165, 1.54) is 71.1 Å². The van der Waals surface area contributed by atoms with E-state index < -0.39 is 0 Å². The molecule has 2 rings (SSSR count). The van der Waals surface area contributed by atoms with Crippen LogP contribution in [0, 0.1) is 5.92 Å². The normalized spacial score (nSPS) is 31.3. The second-order valence-corrected chi connectivity index (χ2v) is 5.72. The lowest BCUT2D eigenvalue weighted by atomic mass is 10.1. The highest BCUT2D eigenvalue weighted by molar-refractivity contribution is 4.79. The molecule has 0 aromatic rings. The minimum absolute atomic E-state index is 0.826. The predicted molar refractivity (Wildman–Crippen MR) is 69.7 cm³/mol. The van der Waals surface area contributed by atoms with Gasteiger partial charge in [0.2, 0.25) is 0 Å². The van der Waals surface area contributed by atoms with Crippen molar-refractivity contribution in [3.63, 3.8) is 0 Å². The summed E-state index contributed by atoms with van der Waals surface area (Å²) in [5, 5.41) is 3.74. The highest BCUT2D eigenvalue weighted by atomic mass is 15.1. The Bertz CT molecular complexity index is 187. The van der Waals surface area contributed by atoms with Crippen molar-refractivity contribution in [1.29, 1.82) is 0 Å². The fraction of sp³-hybridized carbons (Fsp3) is 1.00. The van der Waals surface area contributed by atoms with Crippen molar-refractivity contribution in [2.75, 3.05) is 26.2 Å². The molecular formula is C14H28N2. The fourth-order valence-electron chi connectivity index (χ4n) is 3.20. The molecule has 2 nitrogen and oxygen atoms in total. The third-order valence-electron chi connectivity index (χ3n) is 4.37. The third-order valence-corrected chi connectivity index (χ3v) is 4.37. The molecule has 0 aromatic heterocycles. The van der Waals surface area contributed by atoms with Gasteiger partial charge in [0.1, 0.15) is 0 Å². The molecule has 16 heavy (non-hydrogen) atoms. The zero-order valence-electron chi connectivity index (χ0n) is 10.9. The van der Waals surface area contributed by atoms with Crippen molar-refractivity contribution >= 4 is 0 Å². The Kier molecular flexibility index (Phi) is 5.11. The molecule has 1 saturated heterocycles. The smallest absolute Gasteiger partial charge is 0.00926 e. The van der Waals surface area contributed by atoms with Crippen molar-refractivity contribution < 1.29 is 0 Å². The van der Waals surface area contributed by atoms with Gasteiger partial charge in [-0.15, -0.1) is 0 Å². The average Bonchev–Trinajstić information content (AvgIpc) is 2.90. The van der Waals surface area contributed by atoms with Gasteiger partial charge in [0, 0.05) is 6.04 Å². The Balaban J connectivity index is 1.45. The molecule has 0 bridgehead atoms. The molecule has 2 unspecified atom stereocenters. The van der Waals surface area contributed by atoms with E-state index >= 15 is 0 Å². The number of likely N-dealkylation sites (tertiary alicyclic amines) is 1. The molecule has 94 valence electrons. The van der Waals surface area contributed by atoms with Gasteiger partial charge in [-0.3, -0.25) is 0 Å². The molecule has 1 heterocycles. The first kappa shape index (κ1) is 12.4. The quantitative estimate of drug-likeness (QED) is 0.698. The molecule has 0 spiro atoms. The summed E-state index contributed by atoms with van der Waals surface area (Å²) in [5.41, 5.74) is 0. The molecule has 2 heteroatoms. The second kappa shape index (κ2) is 6.61. The van der Waals surface area contributed by atoms with Crippen LogP contribution in [0.1, 0.15) is 51.9 Å². The minimum atomic E-state index is 0.826. The summed E-state index contributed by atoms with van der Waals surface area (Å²) in [5.74, 6) is 0.915. The van der Waals surface area contributed by atoms with Crippen LogP contribution in [-0.2, 0) is 0 Å². The van der Waals surface area contributed by atoms with Crippen molar-refractivity contribution in [3.05, 3.63) is 0 Å². The first-order valence-corrected chi connectivity index (χ1v) is 7.32. The topological polar surface area (TPSA) is 15.3 Å². The van der Waals surface area contributed by atoms with Crippen LogP contribution in [0.2, 0.25) is 0 Å². The molecule has 2 atom stereocenters. The highest BCUT2D eigenvalue weighted by Crippen LogP contribution is 2.24. The summed E-state index contributed by atoms with van der Waals surface area (Å²) in [7, 11) is 0. The van der Waals surface area contributed by atoms with E-state index in [9.17, 15) is 0 Å². The largest absolute Gasteiger partial charge is 0.314 e. The lowest BCUT2D eigenvalue weighted by Gasteiger charge is -2.18. The molecule has 0 amide bonds. The van der Waals surface area contributed by atoms with Gasteiger partial charge in [-0.25, -0.2) is 0 Å². The van der Waals surface area contributed by atoms with E-state index in [1.54, 1.807) is 0 Å². The van der Waals surface area contributed by atoms with Crippen LogP contribution in [0.15, 0.2) is 0 Å². The average molecular weight is 224 g/mol. The van der Waals surface area contributed by atoms with Crippen LogP contribution in [0.4, 0.5) is 0 Å². The molecular weight excluding hydrogens is 196 g/mol. The van der Waals surface area contributed by atoms with Crippen LogP contribution >= 0.6 is 0 Å². The maximum Gasteiger partial charge on any atom is 0.00926 e. The summed E-state index contributed by atoms with van der Waals surface area (Å²) >= 11 is 0. The zero-order valence-corrected chi connectivity index (χ0v) is 10.9. The first-order valence-electron chi connectivity index (χ1n) is 7.32. The van der Waals surface area contributed by atoms with Crippen molar-refractivity contribution in [2.45, 2.75) is 57.9 Å². The minimum Gasteiger partial charge on any atom is -0.314 e. The Hall–Kier alpha value is -0.0800. The Labute approximate surface area is 101 Å². The van der Waals surface area contributed by atoms with Crippen LogP contribution in [0.3, 0.4) is 0 Å². The molecule has 1 saturated carbocycles. The predicted octanol–water partition coefficient (Wildman–Crippen LogP) is 2.64. The molecule has 1 aliphatic heterocycles. The van der Waals surface area contributed by atoms with E-state index in [-0.39, 0.29) is 0 Å². The molecule has 1 N–H and O–H groups in total. The first-order chi connectivity index (χ1) is 7.86. The number of rotatable bonds is 6. The number of nitrogens with one attached hydrogen (secondary N) is 1. The van der Waals surface area contributed by atoms with E-state index in [2.05, 4.69) is 17.1 Å². The fourth-order valence-corrected chi connectivity index (χ4v) is 3.20. The van der Waals surface area contributed by atoms with E-state index in [0.29, 0.717) is 0 Å². The molecule has 2 aliphatic rings. The summed E-state index contributed by atoms with van der Waals surface area (Å²) in [6.45, 7) is 7.68. The van der Waals surface area contributed by atoms with Gasteiger partial charge in [-0.1, -0.05) is 13.3 Å². The molecule has 1 aliphatic carbocycles. The summed E-state index contributed by atoms with van der Waals surface area (Å²) in [6, 6.07) is 0.826. The Morgan fingerprint density at radius 3 is 2.56 bits per heavy atom. The van der Waals surface area contributed by atoms with Gasteiger partial charge in [0.25, 0.3) is 0 Å². The van der Waals surface area contributed by atoms with Crippen LogP contribution < -0.4 is 5.32 Å². The van der Waals surface area contributed by atoms with Crippen molar-refractivity contribution in [2.24, 2.45) is 5.92 Å². The summed E-state index contributed by atoms with van der Waals surface area (Å²) in [4.78, 5) is 2.62. The zero-order chi connectivity index (χ0) is 11.2. The maximum atomic E-state index is 3.74. The van der Waals surface area contributed by atoms with Crippen molar-refractivity contribution in [3.8, 4) is 0 Å². The Morgan fingerprint density at radius 1 is 1.06 bits per heavy atom. The standard InChI is InChI=1S/C14H28N2/c1-13-7-6-8-14(13)15-9-2-3-10-16-11-4-5-12-16/h13-15H,2-12H2,1H3. The second-order valence-electron chi connectivity index (χ2n) is 5.72.